The molecule has 64 heavy (non-hydrogen) atoms. The molecule has 0 aliphatic rings. The fraction of sp³-hybridized carbons (Fsp3) is 0.886. The highest BCUT2D eigenvalue weighted by Gasteiger charge is 2.28. The number of hydrogen-bond acceptors (Lipinski definition) is 15. The van der Waals surface area contributed by atoms with Gasteiger partial charge < -0.3 is 65.9 Å². The van der Waals surface area contributed by atoms with Crippen molar-refractivity contribution < 1.29 is 62.0 Å². The van der Waals surface area contributed by atoms with Gasteiger partial charge in [0, 0.05) is 13.1 Å². The lowest BCUT2D eigenvalue weighted by atomic mass is 10.0. The maximum absolute atomic E-state index is 13.5. The molecule has 20 nitrogen and oxygen atoms in total. The minimum Gasteiger partial charge on any atom is -0.442 e. The molecule has 0 bridgehead atoms. The van der Waals surface area contributed by atoms with Crippen LogP contribution in [0.25, 0.3) is 0 Å². The Morgan fingerprint density at radius 3 is 1.56 bits per heavy atom. The lowest BCUT2D eigenvalue weighted by Gasteiger charge is -2.29. The number of amides is 5. The molecule has 0 aliphatic heterocycles. The Labute approximate surface area is 383 Å². The lowest BCUT2D eigenvalue weighted by Crippen LogP contribution is -2.53. The van der Waals surface area contributed by atoms with Crippen LogP contribution in [0.5, 0.6) is 0 Å². The van der Waals surface area contributed by atoms with Gasteiger partial charge in [-0.25, -0.2) is 4.79 Å². The summed E-state index contributed by atoms with van der Waals surface area (Å²) in [5, 5.41) is 11.0. The van der Waals surface area contributed by atoms with Crippen molar-refractivity contribution in [2.45, 2.75) is 168 Å². The normalized spacial score (nSPS) is 13.5. The van der Waals surface area contributed by atoms with Gasteiger partial charge in [0.15, 0.2) is 0 Å². The van der Waals surface area contributed by atoms with E-state index in [1.54, 1.807) is 20.8 Å². The van der Waals surface area contributed by atoms with Crippen LogP contribution in [-0.2, 0) is 57.2 Å². The van der Waals surface area contributed by atoms with Crippen LogP contribution in [0.4, 0.5) is 4.79 Å². The zero-order chi connectivity index (χ0) is 48.9. The molecule has 0 aliphatic carbocycles. The largest absolute Gasteiger partial charge is 0.442 e. The quantitative estimate of drug-likeness (QED) is 0.0349. The van der Waals surface area contributed by atoms with E-state index in [1.165, 1.54) is 6.92 Å². The van der Waals surface area contributed by atoms with Crippen LogP contribution in [0, 0.1) is 0 Å². The number of carbonyl (C=O) groups is 5. The molecule has 20 heteroatoms. The number of hydroxylamine groups is 1. The van der Waals surface area contributed by atoms with E-state index in [9.17, 15) is 24.0 Å². The zero-order valence-corrected chi connectivity index (χ0v) is 41.3. The third kappa shape index (κ3) is 34.2. The molecule has 1 unspecified atom stereocenters. The summed E-state index contributed by atoms with van der Waals surface area (Å²) < 4.78 is 39.6. The van der Waals surface area contributed by atoms with Crippen molar-refractivity contribution in [3.63, 3.8) is 0 Å². The van der Waals surface area contributed by atoms with Gasteiger partial charge in [-0.2, -0.15) is 5.48 Å². The average molecular weight is 922 g/mol. The van der Waals surface area contributed by atoms with Gasteiger partial charge in [-0.1, -0.05) is 0 Å². The highest BCUT2D eigenvalue weighted by Crippen LogP contribution is 2.20. The Morgan fingerprint density at radius 2 is 1.03 bits per heavy atom. The number of hydrogen-bond donors (Lipinski definition) is 7. The molecule has 0 fully saturated rings. The first kappa shape index (κ1) is 60.8. The maximum Gasteiger partial charge on any atom is 0.431 e. The van der Waals surface area contributed by atoms with Gasteiger partial charge in [0.1, 0.15) is 30.9 Å². The summed E-state index contributed by atoms with van der Waals surface area (Å²) in [6, 6.07) is -1.90. The smallest absolute Gasteiger partial charge is 0.431 e. The summed E-state index contributed by atoms with van der Waals surface area (Å²) in [5.74, 6) is -1.75. The van der Waals surface area contributed by atoms with E-state index in [0.29, 0.717) is 65.0 Å². The molecular formula is C44H87N7O13. The number of unbranched alkanes of at least 4 members (excludes halogenated alkanes) is 1. The van der Waals surface area contributed by atoms with Crippen LogP contribution in [0.15, 0.2) is 0 Å². The van der Waals surface area contributed by atoms with Crippen LogP contribution >= 0.6 is 0 Å². The molecule has 2 atom stereocenters. The molecular weight excluding hydrogens is 835 g/mol. The van der Waals surface area contributed by atoms with Crippen molar-refractivity contribution in [3.8, 4) is 0 Å². The molecule has 0 heterocycles. The van der Waals surface area contributed by atoms with Gasteiger partial charge in [-0.3, -0.25) is 24.0 Å². The van der Waals surface area contributed by atoms with E-state index in [2.05, 4.69) is 26.7 Å². The summed E-state index contributed by atoms with van der Waals surface area (Å²) in [4.78, 5) is 68.6. The first-order chi connectivity index (χ1) is 29.7. The first-order valence-electron chi connectivity index (χ1n) is 22.6. The molecule has 376 valence electrons. The van der Waals surface area contributed by atoms with Crippen molar-refractivity contribution in [3.05, 3.63) is 0 Å². The topological polar surface area (TPSA) is 271 Å². The molecule has 0 aromatic heterocycles. The lowest BCUT2D eigenvalue weighted by molar-refractivity contribution is -0.137. The van der Waals surface area contributed by atoms with Gasteiger partial charge in [-0.05, 0) is 141 Å². The summed E-state index contributed by atoms with van der Waals surface area (Å²) in [7, 11) is 0. The second-order valence-corrected chi connectivity index (χ2v) is 19.1. The van der Waals surface area contributed by atoms with E-state index in [0.717, 1.165) is 6.42 Å². The molecule has 0 spiro atoms. The SMILES string of the molecule is C[C@H](NC(=O)C(CCCCNC(=O)COC(C)(C)CCOC(C)(C)CCN)NC(=O)COC(C)(C)CCOC(C)(C)CCN)C(=O)NCCOCCOCCONC(=O)OC(C)(C)C. The summed E-state index contributed by atoms with van der Waals surface area (Å²) in [5.41, 5.74) is 10.9. The highest BCUT2D eigenvalue weighted by molar-refractivity contribution is 5.92. The summed E-state index contributed by atoms with van der Waals surface area (Å²) in [6.07, 6.45) is 3.08. The third-order valence-corrected chi connectivity index (χ3v) is 9.52. The van der Waals surface area contributed by atoms with Crippen molar-refractivity contribution >= 4 is 29.7 Å². The summed E-state index contributed by atoms with van der Waals surface area (Å²) >= 11 is 0. The predicted octanol–water partition coefficient (Wildman–Crippen LogP) is 2.53. The second kappa shape index (κ2) is 31.7. The van der Waals surface area contributed by atoms with Crippen molar-refractivity contribution in [1.29, 1.82) is 0 Å². The Hall–Kier alpha value is -3.21. The Kier molecular flexibility index (Phi) is 30.1. The van der Waals surface area contributed by atoms with Crippen LogP contribution in [0.2, 0.25) is 0 Å². The van der Waals surface area contributed by atoms with E-state index in [4.69, 9.17) is 49.5 Å². The fourth-order valence-electron chi connectivity index (χ4n) is 5.52. The minimum atomic E-state index is -0.978. The molecule has 0 saturated carbocycles. The molecule has 0 rings (SSSR count). The number of rotatable bonds is 37. The van der Waals surface area contributed by atoms with Crippen LogP contribution in [0.1, 0.15) is 128 Å². The molecule has 0 saturated heterocycles. The van der Waals surface area contributed by atoms with Gasteiger partial charge in [-0.15, -0.1) is 0 Å². The Balaban J connectivity index is 4.99. The van der Waals surface area contributed by atoms with E-state index < -0.39 is 52.7 Å². The first-order valence-corrected chi connectivity index (χ1v) is 22.6. The fourth-order valence-corrected chi connectivity index (χ4v) is 5.52. The van der Waals surface area contributed by atoms with E-state index in [1.807, 2.05) is 55.4 Å². The van der Waals surface area contributed by atoms with Gasteiger partial charge in [0.05, 0.1) is 68.7 Å². The van der Waals surface area contributed by atoms with Crippen molar-refractivity contribution in [2.75, 3.05) is 85.6 Å². The number of nitrogens with two attached hydrogens (primary N) is 2. The number of ether oxygens (including phenoxy) is 7. The van der Waals surface area contributed by atoms with Crippen molar-refractivity contribution in [1.82, 2.24) is 26.7 Å². The second-order valence-electron chi connectivity index (χ2n) is 19.1. The number of carbonyl (C=O) groups excluding carboxylic acids is 5. The van der Waals surface area contributed by atoms with Gasteiger partial charge >= 0.3 is 6.09 Å². The third-order valence-electron chi connectivity index (χ3n) is 9.52. The minimum absolute atomic E-state index is 0.111. The molecule has 0 aromatic carbocycles. The standard InChI is InChI=1S/C44H87N7O13/c1-33(37(54)48-23-26-57-27-28-58-29-30-63-51-39(56)64-40(2,3)4)49-38(55)34(50-36(53)32-62-44(11,12)19-25-60-42(7,8)17-21-46)15-13-14-22-47-35(52)31-61-43(9,10)18-24-59-41(5,6)16-20-45/h33-34H,13-32,45-46H2,1-12H3,(H,47,52)(H,48,54)(H,49,55)(H,50,53)(H,51,56)/t33-,34?/m0/s1. The summed E-state index contributed by atoms with van der Waals surface area (Å²) in [6.45, 7) is 25.2. The van der Waals surface area contributed by atoms with Crippen LogP contribution in [0.3, 0.4) is 0 Å². The molecule has 0 radical (unpaired) electrons. The Morgan fingerprint density at radius 1 is 0.531 bits per heavy atom. The van der Waals surface area contributed by atoms with Crippen molar-refractivity contribution in [2.24, 2.45) is 11.5 Å². The van der Waals surface area contributed by atoms with E-state index >= 15 is 0 Å². The Bertz CT molecular complexity index is 1340. The molecule has 9 N–H and O–H groups in total. The monoisotopic (exact) mass is 922 g/mol. The number of nitrogens with one attached hydrogen (secondary N) is 5. The van der Waals surface area contributed by atoms with Gasteiger partial charge in [0.25, 0.3) is 0 Å². The predicted molar refractivity (Wildman–Crippen MR) is 243 cm³/mol. The van der Waals surface area contributed by atoms with E-state index in [-0.39, 0.29) is 76.3 Å². The zero-order valence-electron chi connectivity index (χ0n) is 41.3. The molecule has 5 amide bonds. The van der Waals surface area contributed by atoms with Gasteiger partial charge in [0.2, 0.25) is 23.6 Å². The average Bonchev–Trinajstić information content (AvgIpc) is 3.16. The maximum atomic E-state index is 13.5. The van der Waals surface area contributed by atoms with Crippen LogP contribution < -0.4 is 38.2 Å². The highest BCUT2D eigenvalue weighted by atomic mass is 16.7. The molecule has 0 aromatic rings. The van der Waals surface area contributed by atoms with Crippen LogP contribution in [-0.4, -0.2) is 155 Å².